The van der Waals surface area contributed by atoms with E-state index in [9.17, 15) is 10.1 Å². The molecule has 0 spiro atoms. The maximum atomic E-state index is 10.9. The van der Waals surface area contributed by atoms with Crippen LogP contribution in [-0.2, 0) is 0 Å². The molecule has 1 saturated carbocycles. The highest BCUT2D eigenvalue weighted by Crippen LogP contribution is 2.51. The Morgan fingerprint density at radius 1 is 1.58 bits per heavy atom. The summed E-state index contributed by atoms with van der Waals surface area (Å²) in [5.41, 5.74) is 0.106. The van der Waals surface area contributed by atoms with Crippen LogP contribution in [0.3, 0.4) is 0 Å². The van der Waals surface area contributed by atoms with E-state index >= 15 is 0 Å². The molecular formula is C13H15Br2NO3. The summed E-state index contributed by atoms with van der Waals surface area (Å²) in [5, 5.41) is 10.9. The van der Waals surface area contributed by atoms with E-state index in [-0.39, 0.29) is 17.2 Å². The number of nitro groups is 1. The predicted molar refractivity (Wildman–Crippen MR) is 80.9 cm³/mol. The lowest BCUT2D eigenvalue weighted by molar-refractivity contribution is -0.385. The van der Waals surface area contributed by atoms with E-state index in [0.29, 0.717) is 15.0 Å². The fourth-order valence-electron chi connectivity index (χ4n) is 2.28. The molecule has 0 heterocycles. The molecule has 0 radical (unpaired) electrons. The number of nitro benzene ring substituents is 1. The molecule has 6 heteroatoms. The van der Waals surface area contributed by atoms with Crippen molar-refractivity contribution < 1.29 is 9.66 Å². The maximum absolute atomic E-state index is 10.9. The predicted octanol–water partition coefficient (Wildman–Crippen LogP) is 4.69. The SMILES string of the molecule is CCC1(C)C(Br)CC1Oc1cccc([N+](=O)[O-])c1Br. The molecule has 4 nitrogen and oxygen atoms in total. The van der Waals surface area contributed by atoms with Crippen molar-refractivity contribution in [1.82, 2.24) is 0 Å². The van der Waals surface area contributed by atoms with Crippen LogP contribution in [0.2, 0.25) is 0 Å². The highest BCUT2D eigenvalue weighted by molar-refractivity contribution is 9.10. The number of benzene rings is 1. The van der Waals surface area contributed by atoms with Crippen LogP contribution in [0, 0.1) is 15.5 Å². The van der Waals surface area contributed by atoms with E-state index < -0.39 is 4.92 Å². The summed E-state index contributed by atoms with van der Waals surface area (Å²) in [4.78, 5) is 10.9. The minimum Gasteiger partial charge on any atom is -0.488 e. The van der Waals surface area contributed by atoms with Crippen molar-refractivity contribution in [2.24, 2.45) is 5.41 Å². The van der Waals surface area contributed by atoms with E-state index in [2.05, 4.69) is 45.7 Å². The Hall–Kier alpha value is -0.620. The first-order chi connectivity index (χ1) is 8.90. The standard InChI is InChI=1S/C13H15Br2NO3/c1-3-13(2)10(14)7-11(13)19-9-6-4-5-8(12(9)15)16(17)18/h4-6,10-11H,3,7H2,1-2H3. The molecule has 1 aliphatic carbocycles. The van der Waals surface area contributed by atoms with Gasteiger partial charge in [0.2, 0.25) is 0 Å². The Morgan fingerprint density at radius 3 is 2.79 bits per heavy atom. The van der Waals surface area contributed by atoms with Gasteiger partial charge in [0.05, 0.1) is 4.92 Å². The zero-order chi connectivity index (χ0) is 14.2. The van der Waals surface area contributed by atoms with E-state index in [1.807, 2.05) is 0 Å². The molecule has 3 atom stereocenters. The highest BCUT2D eigenvalue weighted by Gasteiger charge is 2.51. The Labute approximate surface area is 128 Å². The lowest BCUT2D eigenvalue weighted by Gasteiger charge is -2.50. The van der Waals surface area contributed by atoms with E-state index in [0.717, 1.165) is 12.8 Å². The summed E-state index contributed by atoms with van der Waals surface area (Å²) in [7, 11) is 0. The van der Waals surface area contributed by atoms with Crippen molar-refractivity contribution in [3.63, 3.8) is 0 Å². The maximum Gasteiger partial charge on any atom is 0.287 e. The molecule has 0 saturated heterocycles. The van der Waals surface area contributed by atoms with Gasteiger partial charge in [-0.25, -0.2) is 0 Å². The number of nitrogens with zero attached hydrogens (tertiary/aromatic N) is 1. The van der Waals surface area contributed by atoms with Gasteiger partial charge in [-0.05, 0) is 34.8 Å². The largest absolute Gasteiger partial charge is 0.488 e. The van der Waals surface area contributed by atoms with Gasteiger partial charge in [-0.1, -0.05) is 35.8 Å². The third kappa shape index (κ3) is 2.52. The number of alkyl halides is 1. The number of rotatable bonds is 4. The zero-order valence-corrected chi connectivity index (χ0v) is 13.9. The lowest BCUT2D eigenvalue weighted by atomic mass is 9.65. The summed E-state index contributed by atoms with van der Waals surface area (Å²) in [6, 6.07) is 4.87. The van der Waals surface area contributed by atoms with Crippen LogP contribution < -0.4 is 4.74 Å². The van der Waals surface area contributed by atoms with Gasteiger partial charge in [-0.2, -0.15) is 0 Å². The van der Waals surface area contributed by atoms with Crippen molar-refractivity contribution in [3.05, 3.63) is 32.8 Å². The van der Waals surface area contributed by atoms with Crippen molar-refractivity contribution >= 4 is 37.5 Å². The summed E-state index contributed by atoms with van der Waals surface area (Å²) >= 11 is 6.91. The average molecular weight is 393 g/mol. The second kappa shape index (κ2) is 5.40. The van der Waals surface area contributed by atoms with E-state index in [1.165, 1.54) is 6.07 Å². The molecule has 0 N–H and O–H groups in total. The molecule has 0 amide bonds. The lowest BCUT2D eigenvalue weighted by Crippen LogP contribution is -2.54. The van der Waals surface area contributed by atoms with Crippen molar-refractivity contribution in [2.45, 2.75) is 37.6 Å². The van der Waals surface area contributed by atoms with E-state index in [1.54, 1.807) is 12.1 Å². The van der Waals surface area contributed by atoms with Gasteiger partial charge in [0, 0.05) is 16.3 Å². The molecule has 3 unspecified atom stereocenters. The Balaban J connectivity index is 2.21. The normalized spacial score (nSPS) is 29.7. The topological polar surface area (TPSA) is 52.4 Å². The van der Waals surface area contributed by atoms with Crippen LogP contribution in [0.1, 0.15) is 26.7 Å². The minimum absolute atomic E-state index is 0.0328. The second-order valence-electron chi connectivity index (χ2n) is 5.02. The average Bonchev–Trinajstić information content (AvgIpc) is 2.39. The van der Waals surface area contributed by atoms with Crippen molar-refractivity contribution in [1.29, 1.82) is 0 Å². The molecule has 19 heavy (non-hydrogen) atoms. The summed E-state index contributed by atoms with van der Waals surface area (Å²) in [5.74, 6) is 0.540. The van der Waals surface area contributed by atoms with Gasteiger partial charge in [0.15, 0.2) is 0 Å². The van der Waals surface area contributed by atoms with Crippen LogP contribution in [-0.4, -0.2) is 15.9 Å². The number of ether oxygens (including phenoxy) is 1. The van der Waals surface area contributed by atoms with Gasteiger partial charge < -0.3 is 4.74 Å². The Bertz CT molecular complexity index is 509. The first-order valence-electron chi connectivity index (χ1n) is 6.13. The van der Waals surface area contributed by atoms with E-state index in [4.69, 9.17) is 4.74 Å². The Morgan fingerprint density at radius 2 is 2.26 bits per heavy atom. The highest BCUT2D eigenvalue weighted by atomic mass is 79.9. The quantitative estimate of drug-likeness (QED) is 0.424. The molecule has 0 bridgehead atoms. The van der Waals surface area contributed by atoms with Crippen LogP contribution in [0.5, 0.6) is 5.75 Å². The molecule has 104 valence electrons. The Kier molecular flexibility index (Phi) is 4.20. The van der Waals surface area contributed by atoms with Gasteiger partial charge >= 0.3 is 0 Å². The fraction of sp³-hybridized carbons (Fsp3) is 0.538. The van der Waals surface area contributed by atoms with Crippen LogP contribution in [0.15, 0.2) is 22.7 Å². The van der Waals surface area contributed by atoms with Crippen LogP contribution in [0.4, 0.5) is 5.69 Å². The summed E-state index contributed by atoms with van der Waals surface area (Å²) in [6.07, 6.45) is 2.00. The number of hydrogen-bond donors (Lipinski definition) is 0. The molecular weight excluding hydrogens is 378 g/mol. The molecule has 1 aromatic rings. The summed E-state index contributed by atoms with van der Waals surface area (Å²) in [6.45, 7) is 4.30. The first-order valence-corrected chi connectivity index (χ1v) is 7.84. The van der Waals surface area contributed by atoms with Gasteiger partial charge in [0.1, 0.15) is 16.3 Å². The van der Waals surface area contributed by atoms with Crippen LogP contribution in [0.25, 0.3) is 0 Å². The number of hydrogen-bond acceptors (Lipinski definition) is 3. The molecule has 2 rings (SSSR count). The summed E-state index contributed by atoms with van der Waals surface area (Å²) < 4.78 is 6.38. The molecule has 1 aromatic carbocycles. The fourth-order valence-corrected chi connectivity index (χ4v) is 3.74. The monoisotopic (exact) mass is 391 g/mol. The second-order valence-corrected chi connectivity index (χ2v) is 6.91. The van der Waals surface area contributed by atoms with Gasteiger partial charge in [0.25, 0.3) is 5.69 Å². The van der Waals surface area contributed by atoms with Crippen molar-refractivity contribution in [3.8, 4) is 5.75 Å². The van der Waals surface area contributed by atoms with Crippen LogP contribution >= 0.6 is 31.9 Å². The van der Waals surface area contributed by atoms with Crippen molar-refractivity contribution in [2.75, 3.05) is 0 Å². The molecule has 1 aliphatic rings. The minimum atomic E-state index is -0.413. The third-order valence-corrected chi connectivity index (χ3v) is 6.26. The third-order valence-electron chi connectivity index (χ3n) is 4.04. The number of halogens is 2. The zero-order valence-electron chi connectivity index (χ0n) is 10.7. The van der Waals surface area contributed by atoms with Gasteiger partial charge in [-0.15, -0.1) is 0 Å². The molecule has 0 aromatic heterocycles. The van der Waals surface area contributed by atoms with Gasteiger partial charge in [-0.3, -0.25) is 10.1 Å². The smallest absolute Gasteiger partial charge is 0.287 e. The molecule has 0 aliphatic heterocycles. The molecule has 1 fully saturated rings. The first kappa shape index (κ1) is 14.8.